The van der Waals surface area contributed by atoms with Crippen LogP contribution in [0.5, 0.6) is 0 Å². The van der Waals surface area contributed by atoms with Crippen LogP contribution in [0.15, 0.2) is 33.7 Å². The summed E-state index contributed by atoms with van der Waals surface area (Å²) in [5.41, 5.74) is 1.18. The van der Waals surface area contributed by atoms with Gasteiger partial charge < -0.3 is 16.0 Å². The molecule has 0 aliphatic carbocycles. The van der Waals surface area contributed by atoms with Crippen molar-refractivity contribution in [2.24, 2.45) is 4.99 Å². The molecule has 0 saturated carbocycles. The van der Waals surface area contributed by atoms with E-state index in [1.807, 2.05) is 12.1 Å². The lowest BCUT2D eigenvalue weighted by molar-refractivity contribution is -0.122. The van der Waals surface area contributed by atoms with Crippen molar-refractivity contribution >= 4 is 27.8 Å². The van der Waals surface area contributed by atoms with Gasteiger partial charge in [-0.15, -0.1) is 0 Å². The topological polar surface area (TPSA) is 68.8 Å². The number of carbonyl (C=O) groups is 1. The van der Waals surface area contributed by atoms with E-state index in [1.165, 1.54) is 5.56 Å². The van der Waals surface area contributed by atoms with Crippen molar-refractivity contribution in [3.05, 3.63) is 34.3 Å². The van der Waals surface area contributed by atoms with E-state index >= 15 is 0 Å². The lowest BCUT2D eigenvalue weighted by Crippen LogP contribution is -2.50. The number of carbonyl (C=O) groups excluding carboxylic acids is 1. The lowest BCUT2D eigenvalue weighted by atomic mass is 10.1. The standard InChI is InChI=1S/C20H32BrN5O/c1-3-11-23-19(27)15-26-12-9-18(10-13-26)25-20(22-4-2)24-14-16-5-7-17(21)8-6-16/h5-8,18H,3-4,9-15H2,1-2H3,(H,23,27)(H2,22,24,25). The maximum absolute atomic E-state index is 11.9. The van der Waals surface area contributed by atoms with Gasteiger partial charge in [-0.2, -0.15) is 0 Å². The summed E-state index contributed by atoms with van der Waals surface area (Å²) in [6, 6.07) is 8.64. The molecule has 1 fully saturated rings. The fourth-order valence-corrected chi connectivity index (χ4v) is 3.30. The van der Waals surface area contributed by atoms with E-state index < -0.39 is 0 Å². The number of hydrogen-bond acceptors (Lipinski definition) is 3. The summed E-state index contributed by atoms with van der Waals surface area (Å²) in [6.07, 6.45) is 3.01. The number of piperidine rings is 1. The Hall–Kier alpha value is -1.60. The summed E-state index contributed by atoms with van der Waals surface area (Å²) in [5, 5.41) is 9.83. The molecular formula is C20H32BrN5O. The third kappa shape index (κ3) is 8.30. The first-order chi connectivity index (χ1) is 13.1. The zero-order valence-corrected chi connectivity index (χ0v) is 18.0. The second-order valence-corrected chi connectivity index (χ2v) is 7.78. The summed E-state index contributed by atoms with van der Waals surface area (Å²) >= 11 is 3.46. The van der Waals surface area contributed by atoms with Gasteiger partial charge in [-0.1, -0.05) is 35.0 Å². The van der Waals surface area contributed by atoms with Gasteiger partial charge in [0.2, 0.25) is 5.91 Å². The van der Waals surface area contributed by atoms with Crippen molar-refractivity contribution in [3.63, 3.8) is 0 Å². The molecule has 6 nitrogen and oxygen atoms in total. The number of likely N-dealkylation sites (tertiary alicyclic amines) is 1. The molecule has 1 aliphatic heterocycles. The molecule has 150 valence electrons. The van der Waals surface area contributed by atoms with E-state index in [-0.39, 0.29) is 5.91 Å². The van der Waals surface area contributed by atoms with Gasteiger partial charge >= 0.3 is 0 Å². The molecule has 0 radical (unpaired) electrons. The Kier molecular flexibility index (Phi) is 9.62. The number of halogens is 1. The Morgan fingerprint density at radius 2 is 1.89 bits per heavy atom. The highest BCUT2D eigenvalue weighted by molar-refractivity contribution is 9.10. The number of guanidine groups is 1. The van der Waals surface area contributed by atoms with Gasteiger partial charge in [0.15, 0.2) is 5.96 Å². The normalized spacial score (nSPS) is 16.2. The highest BCUT2D eigenvalue weighted by atomic mass is 79.9. The molecule has 1 heterocycles. The predicted octanol–water partition coefficient (Wildman–Crippen LogP) is 2.49. The first kappa shape index (κ1) is 21.7. The molecule has 7 heteroatoms. The third-order valence-electron chi connectivity index (χ3n) is 4.55. The summed E-state index contributed by atoms with van der Waals surface area (Å²) < 4.78 is 1.08. The number of rotatable bonds is 8. The smallest absolute Gasteiger partial charge is 0.234 e. The molecule has 1 aromatic rings. The van der Waals surface area contributed by atoms with Crippen molar-refractivity contribution in [1.82, 2.24) is 20.9 Å². The minimum absolute atomic E-state index is 0.132. The van der Waals surface area contributed by atoms with Gasteiger partial charge in [0.1, 0.15) is 0 Å². The number of nitrogens with zero attached hydrogens (tertiary/aromatic N) is 2. The zero-order chi connectivity index (χ0) is 19.5. The van der Waals surface area contributed by atoms with Crippen molar-refractivity contribution in [2.75, 3.05) is 32.7 Å². The first-order valence-electron chi connectivity index (χ1n) is 9.89. The minimum atomic E-state index is 0.132. The van der Waals surface area contributed by atoms with E-state index in [0.29, 0.717) is 19.1 Å². The fourth-order valence-electron chi connectivity index (χ4n) is 3.03. The summed E-state index contributed by atoms with van der Waals surface area (Å²) in [7, 11) is 0. The molecule has 1 aliphatic rings. The van der Waals surface area contributed by atoms with Crippen molar-refractivity contribution in [3.8, 4) is 0 Å². The molecule has 0 unspecified atom stereocenters. The second kappa shape index (κ2) is 12.0. The molecule has 27 heavy (non-hydrogen) atoms. The third-order valence-corrected chi connectivity index (χ3v) is 5.07. The van der Waals surface area contributed by atoms with Gasteiger partial charge in [-0.25, -0.2) is 4.99 Å². The molecule has 0 bridgehead atoms. The maximum Gasteiger partial charge on any atom is 0.234 e. The molecule has 1 amide bonds. The van der Waals surface area contributed by atoms with Crippen LogP contribution in [0.3, 0.4) is 0 Å². The molecule has 0 spiro atoms. The molecule has 1 saturated heterocycles. The fraction of sp³-hybridized carbons (Fsp3) is 0.600. The van der Waals surface area contributed by atoms with E-state index in [0.717, 1.165) is 55.9 Å². The van der Waals surface area contributed by atoms with Crippen LogP contribution >= 0.6 is 15.9 Å². The van der Waals surface area contributed by atoms with Crippen LogP contribution in [-0.4, -0.2) is 55.5 Å². The van der Waals surface area contributed by atoms with Gasteiger partial charge in [-0.3, -0.25) is 9.69 Å². The van der Waals surface area contributed by atoms with Crippen LogP contribution in [0.1, 0.15) is 38.7 Å². The quantitative estimate of drug-likeness (QED) is 0.431. The Morgan fingerprint density at radius 3 is 2.52 bits per heavy atom. The van der Waals surface area contributed by atoms with E-state index in [4.69, 9.17) is 4.99 Å². The Bertz CT molecular complexity index is 597. The molecule has 2 rings (SSSR count). The monoisotopic (exact) mass is 437 g/mol. The zero-order valence-electron chi connectivity index (χ0n) is 16.4. The Labute approximate surface area is 171 Å². The van der Waals surface area contributed by atoms with Gasteiger partial charge in [0.05, 0.1) is 13.1 Å². The van der Waals surface area contributed by atoms with Crippen molar-refractivity contribution in [2.45, 2.75) is 45.7 Å². The highest BCUT2D eigenvalue weighted by Gasteiger charge is 2.21. The number of nitrogens with one attached hydrogen (secondary N) is 3. The van der Waals surface area contributed by atoms with Gasteiger partial charge in [-0.05, 0) is 43.9 Å². The van der Waals surface area contributed by atoms with E-state index in [2.05, 4.69) is 62.8 Å². The predicted molar refractivity (Wildman–Crippen MR) is 115 cm³/mol. The average Bonchev–Trinajstić information content (AvgIpc) is 2.67. The number of aliphatic imine (C=N–C) groups is 1. The van der Waals surface area contributed by atoms with Crippen LogP contribution in [0.2, 0.25) is 0 Å². The van der Waals surface area contributed by atoms with Gasteiger partial charge in [0, 0.05) is 36.7 Å². The van der Waals surface area contributed by atoms with Crippen LogP contribution in [0.25, 0.3) is 0 Å². The first-order valence-corrected chi connectivity index (χ1v) is 10.7. The summed E-state index contributed by atoms with van der Waals surface area (Å²) in [4.78, 5) is 18.8. The minimum Gasteiger partial charge on any atom is -0.357 e. The number of benzene rings is 1. The van der Waals surface area contributed by atoms with Crippen LogP contribution in [0, 0.1) is 0 Å². The summed E-state index contributed by atoms with van der Waals surface area (Å²) in [6.45, 7) is 8.77. The van der Waals surface area contributed by atoms with Gasteiger partial charge in [0.25, 0.3) is 0 Å². The number of hydrogen-bond donors (Lipinski definition) is 3. The van der Waals surface area contributed by atoms with Crippen molar-refractivity contribution < 1.29 is 4.79 Å². The maximum atomic E-state index is 11.9. The molecule has 0 aromatic heterocycles. The summed E-state index contributed by atoms with van der Waals surface area (Å²) in [5.74, 6) is 0.993. The lowest BCUT2D eigenvalue weighted by Gasteiger charge is -2.32. The average molecular weight is 438 g/mol. The number of amides is 1. The Balaban J connectivity index is 1.78. The Morgan fingerprint density at radius 1 is 1.19 bits per heavy atom. The van der Waals surface area contributed by atoms with Crippen LogP contribution < -0.4 is 16.0 Å². The largest absolute Gasteiger partial charge is 0.357 e. The molecule has 1 aromatic carbocycles. The second-order valence-electron chi connectivity index (χ2n) is 6.87. The van der Waals surface area contributed by atoms with Crippen molar-refractivity contribution in [1.29, 1.82) is 0 Å². The van der Waals surface area contributed by atoms with E-state index in [1.54, 1.807) is 0 Å². The van der Waals surface area contributed by atoms with Crippen LogP contribution in [-0.2, 0) is 11.3 Å². The highest BCUT2D eigenvalue weighted by Crippen LogP contribution is 2.12. The molecule has 0 atom stereocenters. The van der Waals surface area contributed by atoms with E-state index in [9.17, 15) is 4.79 Å². The SMILES string of the molecule is CCCNC(=O)CN1CCC(NC(=NCc2ccc(Br)cc2)NCC)CC1. The van der Waals surface area contributed by atoms with Crippen LogP contribution in [0.4, 0.5) is 0 Å². The molecular weight excluding hydrogens is 406 g/mol. The molecule has 3 N–H and O–H groups in total.